The van der Waals surface area contributed by atoms with E-state index < -0.39 is 15.9 Å². The normalized spacial score (nSPS) is 14.6. The summed E-state index contributed by atoms with van der Waals surface area (Å²) in [6.07, 6.45) is 3.13. The molecule has 3 heterocycles. The largest absolute Gasteiger partial charge is 0.496 e. The lowest BCUT2D eigenvalue weighted by atomic mass is 10.2. The van der Waals surface area contributed by atoms with Crippen LogP contribution in [0.4, 0.5) is 17.5 Å². The second-order valence-electron chi connectivity index (χ2n) is 7.22. The van der Waals surface area contributed by atoms with Gasteiger partial charge in [0.05, 0.1) is 17.6 Å². The highest BCUT2D eigenvalue weighted by molar-refractivity contribution is 7.89. The van der Waals surface area contributed by atoms with Crippen molar-refractivity contribution in [3.8, 4) is 5.75 Å². The van der Waals surface area contributed by atoms with E-state index in [1.807, 2.05) is 23.1 Å². The zero-order valence-electron chi connectivity index (χ0n) is 17.9. The van der Waals surface area contributed by atoms with Gasteiger partial charge in [0.25, 0.3) is 5.91 Å². The van der Waals surface area contributed by atoms with Gasteiger partial charge in [-0.15, -0.1) is 0 Å². The zero-order valence-corrected chi connectivity index (χ0v) is 18.7. The number of hydrogen-bond acceptors (Lipinski definition) is 9. The number of hydrogen-bond donors (Lipinski definition) is 2. The van der Waals surface area contributed by atoms with Crippen LogP contribution >= 0.6 is 0 Å². The molecule has 0 saturated carbocycles. The third-order valence-corrected chi connectivity index (χ3v) is 7.11. The molecule has 2 aromatic heterocycles. The second-order valence-corrected chi connectivity index (χ2v) is 9.16. The summed E-state index contributed by atoms with van der Waals surface area (Å²) in [5.74, 6) is 1.40. The number of carbonyl (C=O) groups excluding carboxylic acids is 1. The average Bonchev–Trinajstić information content (AvgIpc) is 2.84. The second kappa shape index (κ2) is 9.38. The van der Waals surface area contributed by atoms with E-state index in [0.717, 1.165) is 0 Å². The molecule has 1 saturated heterocycles. The molecule has 4 rings (SSSR count). The number of amides is 1. The first-order valence-corrected chi connectivity index (χ1v) is 11.6. The lowest BCUT2D eigenvalue weighted by Crippen LogP contribution is -2.49. The van der Waals surface area contributed by atoms with Gasteiger partial charge in [-0.1, -0.05) is 6.07 Å². The fraction of sp³-hybridized carbons (Fsp3) is 0.238. The zero-order chi connectivity index (χ0) is 23.4. The number of carbonyl (C=O) groups is 1. The number of aromatic nitrogens is 3. The fourth-order valence-corrected chi connectivity index (χ4v) is 4.95. The minimum absolute atomic E-state index is 0.00515. The number of nitrogens with one attached hydrogen (secondary N) is 1. The molecule has 0 aliphatic carbocycles. The number of ether oxygens (including phenoxy) is 1. The van der Waals surface area contributed by atoms with Crippen LogP contribution in [-0.2, 0) is 10.0 Å². The number of primary amides is 1. The van der Waals surface area contributed by atoms with Crippen LogP contribution in [0.1, 0.15) is 10.4 Å². The molecule has 1 aromatic carbocycles. The number of pyridine rings is 1. The minimum Gasteiger partial charge on any atom is -0.496 e. The van der Waals surface area contributed by atoms with Crippen molar-refractivity contribution in [3.63, 3.8) is 0 Å². The van der Waals surface area contributed by atoms with Gasteiger partial charge in [-0.25, -0.2) is 23.4 Å². The van der Waals surface area contributed by atoms with Crippen molar-refractivity contribution in [1.29, 1.82) is 0 Å². The van der Waals surface area contributed by atoms with E-state index in [1.165, 1.54) is 35.9 Å². The van der Waals surface area contributed by atoms with E-state index in [-0.39, 0.29) is 29.3 Å². The van der Waals surface area contributed by atoms with Crippen molar-refractivity contribution in [3.05, 3.63) is 60.6 Å². The lowest BCUT2D eigenvalue weighted by molar-refractivity contribution is 0.0997. The van der Waals surface area contributed by atoms with Crippen LogP contribution in [-0.4, -0.2) is 66.9 Å². The molecule has 1 fully saturated rings. The van der Waals surface area contributed by atoms with Gasteiger partial charge in [-0.2, -0.15) is 4.31 Å². The standard InChI is InChI=1S/C21H23N7O4S/c1-32-17-6-5-15(12-16(17)21(22)29)33(30,31)28-10-8-27(9-11-28)20-13-19(24-14-25-20)26-18-4-2-3-7-23-18/h2-7,12-14H,8-11H2,1H3,(H2,22,29)(H,23,24,25,26). The SMILES string of the molecule is COc1ccc(S(=O)(=O)N2CCN(c3cc(Nc4ccccn4)ncn3)CC2)cc1C(N)=O. The number of piperazine rings is 1. The highest BCUT2D eigenvalue weighted by Gasteiger charge is 2.30. The van der Waals surface area contributed by atoms with E-state index in [4.69, 9.17) is 10.5 Å². The van der Waals surface area contributed by atoms with Gasteiger partial charge in [-0.05, 0) is 30.3 Å². The van der Waals surface area contributed by atoms with E-state index in [9.17, 15) is 13.2 Å². The molecule has 3 aromatic rings. The van der Waals surface area contributed by atoms with Gasteiger partial charge in [-0.3, -0.25) is 4.79 Å². The number of anilines is 3. The summed E-state index contributed by atoms with van der Waals surface area (Å²) < 4.78 is 32.7. The maximum atomic E-state index is 13.1. The quantitative estimate of drug-likeness (QED) is 0.522. The highest BCUT2D eigenvalue weighted by atomic mass is 32.2. The Morgan fingerprint density at radius 1 is 1.03 bits per heavy atom. The predicted molar refractivity (Wildman–Crippen MR) is 122 cm³/mol. The summed E-state index contributed by atoms with van der Waals surface area (Å²) in [6.45, 7) is 1.40. The molecular formula is C21H23N7O4S. The Kier molecular flexibility index (Phi) is 6.38. The topological polar surface area (TPSA) is 144 Å². The molecule has 33 heavy (non-hydrogen) atoms. The molecule has 12 heteroatoms. The predicted octanol–water partition coefficient (Wildman–Crippen LogP) is 1.23. The Morgan fingerprint density at radius 3 is 2.48 bits per heavy atom. The molecule has 3 N–H and O–H groups in total. The van der Waals surface area contributed by atoms with Crippen LogP contribution in [0.5, 0.6) is 5.75 Å². The number of nitrogens with two attached hydrogens (primary N) is 1. The summed E-state index contributed by atoms with van der Waals surface area (Å²) in [4.78, 5) is 26.4. The smallest absolute Gasteiger partial charge is 0.252 e. The van der Waals surface area contributed by atoms with Crippen LogP contribution < -0.4 is 20.7 Å². The first-order chi connectivity index (χ1) is 15.9. The van der Waals surface area contributed by atoms with Gasteiger partial charge >= 0.3 is 0 Å². The van der Waals surface area contributed by atoms with Crippen LogP contribution in [0.2, 0.25) is 0 Å². The van der Waals surface area contributed by atoms with Crippen LogP contribution in [0.15, 0.2) is 59.9 Å². The Labute approximate surface area is 191 Å². The maximum Gasteiger partial charge on any atom is 0.252 e. The molecule has 1 aliphatic rings. The van der Waals surface area contributed by atoms with Crippen LogP contribution in [0.25, 0.3) is 0 Å². The maximum absolute atomic E-state index is 13.1. The summed E-state index contributed by atoms with van der Waals surface area (Å²) in [6, 6.07) is 11.4. The molecule has 0 atom stereocenters. The lowest BCUT2D eigenvalue weighted by Gasteiger charge is -2.34. The molecular weight excluding hydrogens is 446 g/mol. The minimum atomic E-state index is -3.81. The third-order valence-electron chi connectivity index (χ3n) is 5.21. The van der Waals surface area contributed by atoms with Crippen molar-refractivity contribution >= 4 is 33.4 Å². The summed E-state index contributed by atoms with van der Waals surface area (Å²) >= 11 is 0. The van der Waals surface area contributed by atoms with E-state index in [0.29, 0.717) is 30.5 Å². The summed E-state index contributed by atoms with van der Waals surface area (Å²) in [5, 5.41) is 3.12. The van der Waals surface area contributed by atoms with Gasteiger partial charge in [0.15, 0.2) is 0 Å². The molecule has 0 radical (unpaired) electrons. The number of rotatable bonds is 7. The Hall–Kier alpha value is -3.77. The van der Waals surface area contributed by atoms with Crippen molar-refractivity contribution in [2.45, 2.75) is 4.90 Å². The van der Waals surface area contributed by atoms with Crippen molar-refractivity contribution in [2.75, 3.05) is 43.5 Å². The van der Waals surface area contributed by atoms with Crippen LogP contribution in [0, 0.1) is 0 Å². The van der Waals surface area contributed by atoms with Gasteiger partial charge in [0, 0.05) is 38.4 Å². The fourth-order valence-electron chi connectivity index (χ4n) is 3.50. The van der Waals surface area contributed by atoms with E-state index in [2.05, 4.69) is 20.3 Å². The van der Waals surface area contributed by atoms with Gasteiger partial charge < -0.3 is 20.7 Å². The molecule has 0 bridgehead atoms. The molecule has 0 spiro atoms. The Balaban J connectivity index is 1.46. The Bertz CT molecular complexity index is 1250. The molecule has 0 unspecified atom stereocenters. The third kappa shape index (κ3) is 4.86. The molecule has 1 amide bonds. The van der Waals surface area contributed by atoms with Crippen molar-refractivity contribution in [1.82, 2.24) is 19.3 Å². The number of benzene rings is 1. The molecule has 11 nitrogen and oxygen atoms in total. The number of nitrogens with zero attached hydrogens (tertiary/aromatic N) is 5. The number of sulfonamides is 1. The highest BCUT2D eigenvalue weighted by Crippen LogP contribution is 2.26. The Morgan fingerprint density at radius 2 is 1.82 bits per heavy atom. The summed E-state index contributed by atoms with van der Waals surface area (Å²) in [5.41, 5.74) is 5.39. The number of methoxy groups -OCH3 is 1. The van der Waals surface area contributed by atoms with Gasteiger partial charge in [0.1, 0.15) is 29.5 Å². The first kappa shape index (κ1) is 22.4. The molecule has 172 valence electrons. The monoisotopic (exact) mass is 469 g/mol. The first-order valence-electron chi connectivity index (χ1n) is 10.1. The van der Waals surface area contributed by atoms with E-state index in [1.54, 1.807) is 12.3 Å². The summed E-state index contributed by atoms with van der Waals surface area (Å²) in [7, 11) is -2.42. The van der Waals surface area contributed by atoms with Crippen molar-refractivity contribution < 1.29 is 17.9 Å². The van der Waals surface area contributed by atoms with Crippen LogP contribution in [0.3, 0.4) is 0 Å². The van der Waals surface area contributed by atoms with Gasteiger partial charge in [0.2, 0.25) is 10.0 Å². The average molecular weight is 470 g/mol. The molecule has 1 aliphatic heterocycles. The van der Waals surface area contributed by atoms with E-state index >= 15 is 0 Å². The van der Waals surface area contributed by atoms with Crippen molar-refractivity contribution in [2.24, 2.45) is 5.73 Å².